The van der Waals surface area contributed by atoms with Crippen molar-refractivity contribution in [2.24, 2.45) is 4.99 Å². The van der Waals surface area contributed by atoms with E-state index in [4.69, 9.17) is 9.15 Å². The van der Waals surface area contributed by atoms with Crippen molar-refractivity contribution in [3.8, 4) is 5.88 Å². The highest BCUT2D eigenvalue weighted by molar-refractivity contribution is 5.79. The van der Waals surface area contributed by atoms with Gasteiger partial charge >= 0.3 is 0 Å². The van der Waals surface area contributed by atoms with Crippen molar-refractivity contribution in [1.29, 1.82) is 0 Å². The van der Waals surface area contributed by atoms with Crippen LogP contribution in [0.15, 0.2) is 46.1 Å². The number of aromatic nitrogens is 1. The number of aliphatic imine (C=N–C) groups is 1. The van der Waals surface area contributed by atoms with Gasteiger partial charge in [0, 0.05) is 18.3 Å². The minimum atomic E-state index is 0.294. The molecule has 3 rings (SSSR count). The van der Waals surface area contributed by atoms with Crippen molar-refractivity contribution in [2.75, 3.05) is 6.54 Å². The van der Waals surface area contributed by atoms with E-state index in [1.807, 2.05) is 31.2 Å². The van der Waals surface area contributed by atoms with E-state index in [9.17, 15) is 0 Å². The number of pyridine rings is 1. The Morgan fingerprint density at radius 3 is 2.92 bits per heavy atom. The first kappa shape index (κ1) is 17.3. The second-order valence-corrected chi connectivity index (χ2v) is 6.12. The van der Waals surface area contributed by atoms with Crippen LogP contribution in [-0.4, -0.2) is 23.6 Å². The van der Waals surface area contributed by atoms with Crippen LogP contribution in [0.4, 0.5) is 0 Å². The molecule has 0 atom stereocenters. The summed E-state index contributed by atoms with van der Waals surface area (Å²) in [6.45, 7) is 3.95. The van der Waals surface area contributed by atoms with Crippen LogP contribution >= 0.6 is 0 Å². The molecular formula is C19H26N4O2. The van der Waals surface area contributed by atoms with Gasteiger partial charge in [-0.2, -0.15) is 0 Å². The zero-order valence-electron chi connectivity index (χ0n) is 14.7. The third-order valence-corrected chi connectivity index (χ3v) is 4.19. The second-order valence-electron chi connectivity index (χ2n) is 6.12. The number of hydrogen-bond donors (Lipinski definition) is 2. The van der Waals surface area contributed by atoms with Crippen LogP contribution in [0.1, 0.15) is 43.9 Å². The van der Waals surface area contributed by atoms with Crippen molar-refractivity contribution in [3.05, 3.63) is 48.0 Å². The molecule has 2 aromatic heterocycles. The molecule has 2 N–H and O–H groups in total. The maximum atomic E-state index is 6.08. The summed E-state index contributed by atoms with van der Waals surface area (Å²) in [4.78, 5) is 9.06. The number of nitrogens with zero attached hydrogens (tertiary/aromatic N) is 2. The molecule has 2 aromatic rings. The van der Waals surface area contributed by atoms with Crippen LogP contribution in [0.5, 0.6) is 5.88 Å². The maximum absolute atomic E-state index is 6.08. The van der Waals surface area contributed by atoms with E-state index in [0.29, 0.717) is 25.1 Å². The van der Waals surface area contributed by atoms with Gasteiger partial charge in [-0.1, -0.05) is 6.07 Å². The highest BCUT2D eigenvalue weighted by atomic mass is 16.5. The van der Waals surface area contributed by atoms with Gasteiger partial charge in [-0.05, 0) is 50.8 Å². The Labute approximate surface area is 148 Å². The van der Waals surface area contributed by atoms with E-state index in [2.05, 4.69) is 20.6 Å². The molecule has 0 aromatic carbocycles. The molecule has 1 fully saturated rings. The lowest BCUT2D eigenvalue weighted by atomic mass is 10.2. The van der Waals surface area contributed by atoms with Crippen molar-refractivity contribution in [3.63, 3.8) is 0 Å². The quantitative estimate of drug-likeness (QED) is 0.597. The van der Waals surface area contributed by atoms with E-state index in [-0.39, 0.29) is 0 Å². The van der Waals surface area contributed by atoms with Crippen molar-refractivity contribution >= 4 is 5.96 Å². The Morgan fingerprint density at radius 2 is 2.16 bits per heavy atom. The molecule has 0 unspecified atom stereocenters. The summed E-state index contributed by atoms with van der Waals surface area (Å²) in [6, 6.07) is 7.76. The van der Waals surface area contributed by atoms with Gasteiger partial charge in [-0.3, -0.25) is 0 Å². The molecule has 0 saturated heterocycles. The van der Waals surface area contributed by atoms with Gasteiger partial charge in [0.05, 0.1) is 19.4 Å². The first-order valence-electron chi connectivity index (χ1n) is 9.00. The summed E-state index contributed by atoms with van der Waals surface area (Å²) in [6.07, 6.45) is 8.46. The highest BCUT2D eigenvalue weighted by Gasteiger charge is 2.18. The van der Waals surface area contributed by atoms with Crippen LogP contribution in [0.25, 0.3) is 0 Å². The molecule has 6 heteroatoms. The summed E-state index contributed by atoms with van der Waals surface area (Å²) in [5.74, 6) is 2.33. The largest absolute Gasteiger partial charge is 0.474 e. The summed E-state index contributed by atoms with van der Waals surface area (Å²) in [5.41, 5.74) is 1.00. The lowest BCUT2D eigenvalue weighted by Crippen LogP contribution is -2.36. The van der Waals surface area contributed by atoms with E-state index in [1.54, 1.807) is 12.5 Å². The van der Waals surface area contributed by atoms with E-state index >= 15 is 0 Å². The normalized spacial score (nSPS) is 15.3. The Kier molecular flexibility index (Phi) is 6.31. The van der Waals surface area contributed by atoms with Gasteiger partial charge in [0.1, 0.15) is 11.9 Å². The minimum Gasteiger partial charge on any atom is -0.474 e. The van der Waals surface area contributed by atoms with Gasteiger partial charge in [-0.15, -0.1) is 0 Å². The molecule has 1 aliphatic carbocycles. The fourth-order valence-electron chi connectivity index (χ4n) is 2.90. The molecule has 6 nitrogen and oxygen atoms in total. The summed E-state index contributed by atoms with van der Waals surface area (Å²) >= 11 is 0. The summed E-state index contributed by atoms with van der Waals surface area (Å²) in [5, 5.41) is 6.51. The van der Waals surface area contributed by atoms with Crippen LogP contribution in [0, 0.1) is 0 Å². The molecule has 1 saturated carbocycles. The molecule has 134 valence electrons. The average Bonchev–Trinajstić information content (AvgIpc) is 3.32. The van der Waals surface area contributed by atoms with Gasteiger partial charge < -0.3 is 19.8 Å². The molecule has 1 aliphatic rings. The van der Waals surface area contributed by atoms with Crippen LogP contribution in [0.2, 0.25) is 0 Å². The van der Waals surface area contributed by atoms with Crippen LogP contribution < -0.4 is 15.4 Å². The van der Waals surface area contributed by atoms with Crippen molar-refractivity contribution < 1.29 is 9.15 Å². The monoisotopic (exact) mass is 342 g/mol. The Balaban J connectivity index is 1.63. The number of rotatable bonds is 7. The number of ether oxygens (including phenoxy) is 1. The molecule has 0 spiro atoms. The van der Waals surface area contributed by atoms with Gasteiger partial charge in [-0.25, -0.2) is 9.98 Å². The predicted octanol–water partition coefficient (Wildman–Crippen LogP) is 3.25. The Morgan fingerprint density at radius 1 is 1.28 bits per heavy atom. The number of furan rings is 1. The zero-order valence-corrected chi connectivity index (χ0v) is 14.7. The Bertz CT molecular complexity index is 664. The zero-order chi connectivity index (χ0) is 17.3. The Hall–Kier alpha value is -2.50. The summed E-state index contributed by atoms with van der Waals surface area (Å²) < 4.78 is 11.4. The molecule has 0 bridgehead atoms. The van der Waals surface area contributed by atoms with E-state index < -0.39 is 0 Å². The van der Waals surface area contributed by atoms with Crippen LogP contribution in [0.3, 0.4) is 0 Å². The SMILES string of the molecule is CCNC(=NCc1cccnc1OC1CCCC1)NCc1ccco1. The van der Waals surface area contributed by atoms with Crippen molar-refractivity contribution in [2.45, 2.75) is 51.8 Å². The lowest BCUT2D eigenvalue weighted by Gasteiger charge is -2.15. The highest BCUT2D eigenvalue weighted by Crippen LogP contribution is 2.25. The average molecular weight is 342 g/mol. The topological polar surface area (TPSA) is 71.7 Å². The maximum Gasteiger partial charge on any atom is 0.218 e. The molecule has 25 heavy (non-hydrogen) atoms. The molecule has 0 amide bonds. The lowest BCUT2D eigenvalue weighted by molar-refractivity contribution is 0.199. The number of hydrogen-bond acceptors (Lipinski definition) is 4. The van der Waals surface area contributed by atoms with E-state index in [0.717, 1.165) is 36.7 Å². The van der Waals surface area contributed by atoms with E-state index in [1.165, 1.54) is 12.8 Å². The molecule has 2 heterocycles. The first-order valence-corrected chi connectivity index (χ1v) is 9.00. The predicted molar refractivity (Wildman–Crippen MR) is 97.5 cm³/mol. The number of nitrogens with one attached hydrogen (secondary N) is 2. The summed E-state index contributed by atoms with van der Waals surface area (Å²) in [7, 11) is 0. The van der Waals surface area contributed by atoms with Crippen molar-refractivity contribution in [1.82, 2.24) is 15.6 Å². The van der Waals surface area contributed by atoms with Gasteiger partial charge in [0.2, 0.25) is 5.88 Å². The van der Waals surface area contributed by atoms with Gasteiger partial charge in [0.15, 0.2) is 5.96 Å². The van der Waals surface area contributed by atoms with Crippen LogP contribution in [-0.2, 0) is 13.1 Å². The minimum absolute atomic E-state index is 0.294. The third-order valence-electron chi connectivity index (χ3n) is 4.19. The fourth-order valence-corrected chi connectivity index (χ4v) is 2.90. The fraction of sp³-hybridized carbons (Fsp3) is 0.474. The number of guanidine groups is 1. The smallest absolute Gasteiger partial charge is 0.218 e. The second kappa shape index (κ2) is 9.11. The molecular weight excluding hydrogens is 316 g/mol. The first-order chi connectivity index (χ1) is 12.3. The van der Waals surface area contributed by atoms with Gasteiger partial charge in [0.25, 0.3) is 0 Å². The molecule has 0 aliphatic heterocycles. The standard InChI is InChI=1S/C19H26N4O2/c1-2-20-19(23-14-17-10-6-12-24-17)22-13-15-7-5-11-21-18(15)25-16-8-3-4-9-16/h5-7,10-12,16H,2-4,8-9,13-14H2,1H3,(H2,20,22,23). The molecule has 0 radical (unpaired) electrons. The third kappa shape index (κ3) is 5.24.